The van der Waals surface area contributed by atoms with Crippen LogP contribution in [-0.2, 0) is 18.3 Å². The molecule has 1 aromatic carbocycles. The van der Waals surface area contributed by atoms with Crippen molar-refractivity contribution in [2.45, 2.75) is 6.42 Å². The molecule has 0 fully saturated rings. The number of halogens is 2. The number of aromatic amines is 1. The number of nitrogens with one attached hydrogen (secondary N) is 2. The van der Waals surface area contributed by atoms with Crippen molar-refractivity contribution in [1.29, 1.82) is 0 Å². The highest BCUT2D eigenvalue weighted by Crippen LogP contribution is 2.27. The number of hydrogen-bond donors (Lipinski definition) is 2. The maximum Gasteiger partial charge on any atom is 0.328 e. The molecular weight excluding hydrogens is 416 g/mol. The number of nitrogens with zero attached hydrogens (tertiary/aromatic N) is 3. The van der Waals surface area contributed by atoms with E-state index in [-0.39, 0.29) is 39.4 Å². The van der Waals surface area contributed by atoms with Gasteiger partial charge in [-0.1, -0.05) is 0 Å². The van der Waals surface area contributed by atoms with Crippen molar-refractivity contribution in [3.05, 3.63) is 74.0 Å². The van der Waals surface area contributed by atoms with Crippen molar-refractivity contribution in [1.82, 2.24) is 19.5 Å². The van der Waals surface area contributed by atoms with Crippen molar-refractivity contribution in [3.8, 4) is 11.3 Å². The lowest BCUT2D eigenvalue weighted by Crippen LogP contribution is -2.33. The van der Waals surface area contributed by atoms with Crippen LogP contribution in [-0.4, -0.2) is 25.4 Å². The lowest BCUT2D eigenvalue weighted by Gasteiger charge is -2.06. The van der Waals surface area contributed by atoms with Gasteiger partial charge in [0.25, 0.3) is 5.56 Å². The van der Waals surface area contributed by atoms with Crippen LogP contribution in [0.2, 0.25) is 0 Å². The van der Waals surface area contributed by atoms with Crippen molar-refractivity contribution < 1.29 is 13.6 Å². The van der Waals surface area contributed by atoms with E-state index in [2.05, 4.69) is 20.3 Å². The Kier molecular flexibility index (Phi) is 4.96. The average Bonchev–Trinajstić information content (AvgIpc) is 3.14. The summed E-state index contributed by atoms with van der Waals surface area (Å²) < 4.78 is 27.9. The molecule has 0 aliphatic carbocycles. The monoisotopic (exact) mass is 429 g/mol. The van der Waals surface area contributed by atoms with Gasteiger partial charge in [-0.2, -0.15) is 0 Å². The average molecular weight is 429 g/mol. The molecule has 0 atom stereocenters. The Hall–Kier alpha value is -3.73. The first-order chi connectivity index (χ1) is 14.3. The fourth-order valence-corrected chi connectivity index (χ4v) is 3.64. The fourth-order valence-electron chi connectivity index (χ4n) is 2.91. The molecule has 4 rings (SSSR count). The van der Waals surface area contributed by atoms with Gasteiger partial charge in [-0.3, -0.25) is 19.1 Å². The second kappa shape index (κ2) is 7.59. The van der Waals surface area contributed by atoms with E-state index in [1.54, 1.807) is 0 Å². The van der Waals surface area contributed by atoms with E-state index in [4.69, 9.17) is 0 Å². The molecule has 0 saturated carbocycles. The number of anilines is 1. The summed E-state index contributed by atoms with van der Waals surface area (Å²) in [6, 6.07) is 4.61. The minimum absolute atomic E-state index is 0.108. The summed E-state index contributed by atoms with van der Waals surface area (Å²) in [5.41, 5.74) is -0.295. The zero-order valence-corrected chi connectivity index (χ0v) is 16.2. The van der Waals surface area contributed by atoms with E-state index in [9.17, 15) is 23.2 Å². The summed E-state index contributed by atoms with van der Waals surface area (Å²) in [6.45, 7) is 0. The molecule has 3 aromatic heterocycles. The van der Waals surface area contributed by atoms with Gasteiger partial charge in [-0.05, 0) is 18.2 Å². The number of rotatable bonds is 4. The maximum absolute atomic E-state index is 13.9. The number of pyridine rings is 1. The molecule has 11 heteroatoms. The summed E-state index contributed by atoms with van der Waals surface area (Å²) >= 11 is 1.07. The van der Waals surface area contributed by atoms with E-state index in [0.29, 0.717) is 0 Å². The van der Waals surface area contributed by atoms with Crippen molar-refractivity contribution in [2.24, 2.45) is 7.05 Å². The van der Waals surface area contributed by atoms with Crippen LogP contribution in [0, 0.1) is 11.6 Å². The molecule has 152 valence electrons. The quantitative estimate of drug-likeness (QED) is 0.517. The van der Waals surface area contributed by atoms with E-state index in [1.165, 1.54) is 30.8 Å². The molecule has 0 radical (unpaired) electrons. The van der Waals surface area contributed by atoms with Crippen LogP contribution in [0.1, 0.15) is 5.69 Å². The molecule has 0 unspecified atom stereocenters. The first-order valence-electron chi connectivity index (χ1n) is 8.61. The number of carbonyl (C=O) groups is 1. The SMILES string of the molecule is Cn1c(=O)[nH]c2ccnc(CC(=O)Nc3nc(-c4ccc(F)cc4F)cs3)c2c1=O. The Morgan fingerprint density at radius 3 is 2.83 bits per heavy atom. The normalized spacial score (nSPS) is 11.0. The predicted octanol–water partition coefficient (Wildman–Crippen LogP) is 2.20. The Morgan fingerprint density at radius 1 is 1.27 bits per heavy atom. The first kappa shape index (κ1) is 19.6. The lowest BCUT2D eigenvalue weighted by atomic mass is 10.1. The van der Waals surface area contributed by atoms with Gasteiger partial charge in [-0.15, -0.1) is 11.3 Å². The van der Waals surface area contributed by atoms with E-state index < -0.39 is 28.8 Å². The van der Waals surface area contributed by atoms with Gasteiger partial charge in [0.05, 0.1) is 28.7 Å². The Bertz CT molecular complexity index is 1410. The number of thiazole rings is 1. The molecule has 0 bridgehead atoms. The standard InChI is InChI=1S/C19H13F2N5O3S/c1-26-17(28)16-12(24-19(26)29)4-5-22-13(16)7-15(27)25-18-23-14(8-30-18)10-3-2-9(20)6-11(10)21/h2-6,8H,7H2,1H3,(H,24,29)(H,23,25,27). The van der Waals surface area contributed by atoms with Crippen LogP contribution in [0.5, 0.6) is 0 Å². The summed E-state index contributed by atoms with van der Waals surface area (Å²) in [5.74, 6) is -1.96. The number of carbonyl (C=O) groups excluding carboxylic acids is 1. The summed E-state index contributed by atoms with van der Waals surface area (Å²) in [6.07, 6.45) is 1.15. The molecule has 2 N–H and O–H groups in total. The molecule has 0 saturated heterocycles. The van der Waals surface area contributed by atoms with Crippen LogP contribution < -0.4 is 16.6 Å². The number of hydrogen-bond acceptors (Lipinski definition) is 6. The van der Waals surface area contributed by atoms with Crippen molar-refractivity contribution in [3.63, 3.8) is 0 Å². The van der Waals surface area contributed by atoms with Gasteiger partial charge < -0.3 is 10.3 Å². The highest BCUT2D eigenvalue weighted by Gasteiger charge is 2.16. The minimum atomic E-state index is -0.761. The number of amides is 1. The van der Waals surface area contributed by atoms with Gasteiger partial charge in [0.15, 0.2) is 5.13 Å². The van der Waals surface area contributed by atoms with Gasteiger partial charge in [-0.25, -0.2) is 18.6 Å². The summed E-state index contributed by atoms with van der Waals surface area (Å²) in [7, 11) is 1.32. The van der Waals surface area contributed by atoms with E-state index in [0.717, 1.165) is 28.0 Å². The Labute approximate surface area is 170 Å². The second-order valence-corrected chi connectivity index (χ2v) is 7.22. The Morgan fingerprint density at radius 2 is 2.07 bits per heavy atom. The largest absolute Gasteiger partial charge is 0.328 e. The topological polar surface area (TPSA) is 110 Å². The second-order valence-electron chi connectivity index (χ2n) is 6.36. The lowest BCUT2D eigenvalue weighted by molar-refractivity contribution is -0.115. The van der Waals surface area contributed by atoms with Gasteiger partial charge in [0.2, 0.25) is 5.91 Å². The van der Waals surface area contributed by atoms with Crippen LogP contribution in [0.4, 0.5) is 13.9 Å². The first-order valence-corrected chi connectivity index (χ1v) is 9.49. The van der Waals surface area contributed by atoms with Gasteiger partial charge in [0, 0.05) is 30.3 Å². The molecular formula is C19H13F2N5O3S. The minimum Gasteiger partial charge on any atom is -0.307 e. The van der Waals surface area contributed by atoms with Gasteiger partial charge >= 0.3 is 5.69 Å². The summed E-state index contributed by atoms with van der Waals surface area (Å²) in [5, 5.41) is 4.45. The van der Waals surface area contributed by atoms with Crippen LogP contribution >= 0.6 is 11.3 Å². The molecule has 0 spiro atoms. The highest BCUT2D eigenvalue weighted by molar-refractivity contribution is 7.14. The van der Waals surface area contributed by atoms with E-state index in [1.807, 2.05) is 0 Å². The number of fused-ring (bicyclic) bond motifs is 1. The highest BCUT2D eigenvalue weighted by atomic mass is 32.1. The fraction of sp³-hybridized carbons (Fsp3) is 0.105. The number of benzene rings is 1. The van der Waals surface area contributed by atoms with Crippen LogP contribution in [0.3, 0.4) is 0 Å². The Balaban J connectivity index is 1.58. The van der Waals surface area contributed by atoms with Crippen LogP contribution in [0.15, 0.2) is 45.4 Å². The molecule has 3 heterocycles. The zero-order chi connectivity index (χ0) is 21.4. The summed E-state index contributed by atoms with van der Waals surface area (Å²) in [4.78, 5) is 47.4. The molecule has 4 aromatic rings. The number of H-pyrrole nitrogens is 1. The number of aromatic nitrogens is 4. The molecule has 1 amide bonds. The molecule has 30 heavy (non-hydrogen) atoms. The van der Waals surface area contributed by atoms with Gasteiger partial charge in [0.1, 0.15) is 11.6 Å². The molecule has 0 aliphatic rings. The van der Waals surface area contributed by atoms with E-state index >= 15 is 0 Å². The third-order valence-corrected chi connectivity index (χ3v) is 5.14. The smallest absolute Gasteiger partial charge is 0.307 e. The third-order valence-electron chi connectivity index (χ3n) is 4.38. The molecule has 0 aliphatic heterocycles. The van der Waals surface area contributed by atoms with Crippen molar-refractivity contribution >= 4 is 33.3 Å². The zero-order valence-electron chi connectivity index (χ0n) is 15.4. The third kappa shape index (κ3) is 3.62. The van der Waals surface area contributed by atoms with Crippen LogP contribution in [0.25, 0.3) is 22.2 Å². The maximum atomic E-state index is 13.9. The van der Waals surface area contributed by atoms with Crippen molar-refractivity contribution in [2.75, 3.05) is 5.32 Å². The predicted molar refractivity (Wildman–Crippen MR) is 107 cm³/mol. The molecule has 8 nitrogen and oxygen atoms in total.